The number of nitrogen functional groups attached to an aromatic ring is 1. The Bertz CT molecular complexity index is 935. The zero-order valence-corrected chi connectivity index (χ0v) is 16.2. The first-order valence-electron chi connectivity index (χ1n) is 9.66. The number of nitrogens with two attached hydrogens (primary N) is 2. The Balaban J connectivity index is 1.80. The average molecular weight is 424 g/mol. The van der Waals surface area contributed by atoms with Crippen molar-refractivity contribution in [3.63, 3.8) is 0 Å². The summed E-state index contributed by atoms with van der Waals surface area (Å²) in [5.41, 5.74) is 11.0. The van der Waals surface area contributed by atoms with Gasteiger partial charge in [-0.2, -0.15) is 4.98 Å². The molecule has 162 valence electrons. The van der Waals surface area contributed by atoms with Crippen LogP contribution in [0.3, 0.4) is 0 Å². The van der Waals surface area contributed by atoms with Gasteiger partial charge in [0.15, 0.2) is 11.6 Å². The van der Waals surface area contributed by atoms with Gasteiger partial charge < -0.3 is 16.8 Å². The summed E-state index contributed by atoms with van der Waals surface area (Å²) in [5.74, 6) is -3.18. The van der Waals surface area contributed by atoms with Crippen molar-refractivity contribution in [2.75, 3.05) is 17.6 Å². The van der Waals surface area contributed by atoms with Crippen LogP contribution in [0.15, 0.2) is 12.1 Å². The van der Waals surface area contributed by atoms with Crippen LogP contribution < -0.4 is 16.8 Å². The molecular weight excluding hydrogens is 401 g/mol. The highest BCUT2D eigenvalue weighted by Crippen LogP contribution is 2.34. The number of hydrogen-bond acceptors (Lipinski definition) is 7. The van der Waals surface area contributed by atoms with Gasteiger partial charge in [-0.05, 0) is 56.6 Å². The predicted octanol–water partition coefficient (Wildman–Crippen LogP) is 3.30. The third kappa shape index (κ3) is 4.96. The first-order valence-corrected chi connectivity index (χ1v) is 9.66. The van der Waals surface area contributed by atoms with Crippen LogP contribution in [-0.2, 0) is 13.0 Å². The second-order valence-corrected chi connectivity index (χ2v) is 7.53. The van der Waals surface area contributed by atoms with Crippen molar-refractivity contribution in [3.05, 3.63) is 51.0 Å². The molecule has 0 saturated heterocycles. The lowest BCUT2D eigenvalue weighted by atomic mass is 9.80. The second-order valence-electron chi connectivity index (χ2n) is 7.53. The Labute approximate surface area is 171 Å². The molecule has 0 aliphatic heterocycles. The van der Waals surface area contributed by atoms with E-state index in [0.29, 0.717) is 24.9 Å². The largest absolute Gasteiger partial charge is 0.378 e. The Morgan fingerprint density at radius 3 is 2.43 bits per heavy atom. The standard InChI is InChI=1S/C19H23F3N6O2/c20-13-6-12(16(22)14(21)7-13)9-25-19-26-15(17(28(29)30)18(24)27-19)5-10-1-3-11(8-23)4-2-10/h6-7,10-11H,1-5,8-9,23H2,(H3,24,25,26,27). The maximum atomic E-state index is 13.8. The van der Waals surface area contributed by atoms with Crippen molar-refractivity contribution in [2.45, 2.75) is 38.6 Å². The summed E-state index contributed by atoms with van der Waals surface area (Å²) in [7, 11) is 0. The molecule has 2 aromatic rings. The normalized spacial score (nSPS) is 18.9. The molecule has 5 N–H and O–H groups in total. The number of rotatable bonds is 7. The Morgan fingerprint density at radius 1 is 1.13 bits per heavy atom. The molecule has 0 bridgehead atoms. The van der Waals surface area contributed by atoms with Gasteiger partial charge in [0.1, 0.15) is 11.5 Å². The topological polar surface area (TPSA) is 133 Å². The van der Waals surface area contributed by atoms with Crippen LogP contribution in [0.2, 0.25) is 0 Å². The van der Waals surface area contributed by atoms with Gasteiger partial charge in [0.25, 0.3) is 0 Å². The highest BCUT2D eigenvalue weighted by Gasteiger charge is 2.28. The summed E-state index contributed by atoms with van der Waals surface area (Å²) in [4.78, 5) is 18.9. The fraction of sp³-hybridized carbons (Fsp3) is 0.474. The summed E-state index contributed by atoms with van der Waals surface area (Å²) in [5, 5.41) is 14.1. The fourth-order valence-electron chi connectivity index (χ4n) is 3.80. The van der Waals surface area contributed by atoms with Crippen molar-refractivity contribution < 1.29 is 18.1 Å². The van der Waals surface area contributed by atoms with Gasteiger partial charge in [0, 0.05) is 18.2 Å². The van der Waals surface area contributed by atoms with Crippen molar-refractivity contribution in [1.82, 2.24) is 9.97 Å². The summed E-state index contributed by atoms with van der Waals surface area (Å²) < 4.78 is 40.6. The summed E-state index contributed by atoms with van der Waals surface area (Å²) in [6, 6.07) is 1.29. The molecule has 1 aliphatic carbocycles. The van der Waals surface area contributed by atoms with Gasteiger partial charge in [0.05, 0.1) is 4.92 Å². The molecule has 30 heavy (non-hydrogen) atoms. The Morgan fingerprint density at radius 2 is 1.80 bits per heavy atom. The maximum absolute atomic E-state index is 13.8. The van der Waals surface area contributed by atoms with E-state index in [1.807, 2.05) is 0 Å². The van der Waals surface area contributed by atoms with Crippen molar-refractivity contribution in [2.24, 2.45) is 17.6 Å². The van der Waals surface area contributed by atoms with Crippen molar-refractivity contribution in [3.8, 4) is 0 Å². The van der Waals surface area contributed by atoms with Crippen LogP contribution in [0.4, 0.5) is 30.6 Å². The van der Waals surface area contributed by atoms with E-state index in [1.165, 1.54) is 0 Å². The van der Waals surface area contributed by atoms with Crippen molar-refractivity contribution in [1.29, 1.82) is 0 Å². The molecule has 0 atom stereocenters. The molecule has 1 heterocycles. The number of anilines is 2. The predicted molar refractivity (Wildman–Crippen MR) is 105 cm³/mol. The lowest BCUT2D eigenvalue weighted by molar-refractivity contribution is -0.385. The molecule has 8 nitrogen and oxygen atoms in total. The van der Waals surface area contributed by atoms with E-state index in [1.54, 1.807) is 0 Å². The van der Waals surface area contributed by atoms with E-state index >= 15 is 0 Å². The number of aromatic nitrogens is 2. The van der Waals surface area contributed by atoms with Crippen LogP contribution in [0, 0.1) is 39.4 Å². The van der Waals surface area contributed by atoms with E-state index < -0.39 is 22.4 Å². The number of hydrogen-bond donors (Lipinski definition) is 3. The molecule has 1 aliphatic rings. The number of nitro groups is 1. The fourth-order valence-corrected chi connectivity index (χ4v) is 3.80. The molecule has 3 rings (SSSR count). The van der Waals surface area contributed by atoms with Crippen LogP contribution >= 0.6 is 0 Å². The minimum atomic E-state index is -1.32. The van der Waals surface area contributed by atoms with E-state index in [9.17, 15) is 23.3 Å². The molecule has 11 heteroatoms. The van der Waals surface area contributed by atoms with Gasteiger partial charge in [-0.25, -0.2) is 18.2 Å². The summed E-state index contributed by atoms with van der Waals surface area (Å²) >= 11 is 0. The molecule has 1 aromatic heterocycles. The minimum absolute atomic E-state index is 0.0761. The van der Waals surface area contributed by atoms with Gasteiger partial charge in [0.2, 0.25) is 11.8 Å². The molecule has 0 spiro atoms. The third-order valence-corrected chi connectivity index (χ3v) is 5.45. The molecule has 1 aromatic carbocycles. The molecule has 0 unspecified atom stereocenters. The highest BCUT2D eigenvalue weighted by atomic mass is 19.2. The van der Waals surface area contributed by atoms with Gasteiger partial charge in [-0.3, -0.25) is 10.1 Å². The number of benzene rings is 1. The summed E-state index contributed by atoms with van der Waals surface area (Å²) in [6.07, 6.45) is 3.99. The monoisotopic (exact) mass is 424 g/mol. The Kier molecular flexibility index (Phi) is 6.70. The van der Waals surface area contributed by atoms with E-state index in [4.69, 9.17) is 11.5 Å². The third-order valence-electron chi connectivity index (χ3n) is 5.45. The maximum Gasteiger partial charge on any atom is 0.332 e. The average Bonchev–Trinajstić information content (AvgIpc) is 2.69. The first kappa shape index (κ1) is 21.8. The van der Waals surface area contributed by atoms with Gasteiger partial charge in [-0.1, -0.05) is 0 Å². The SMILES string of the molecule is NCC1CCC(Cc2nc(NCc3cc(F)cc(F)c3F)nc(N)c2[N+](=O)[O-])CC1. The van der Waals surface area contributed by atoms with Crippen LogP contribution in [-0.4, -0.2) is 21.4 Å². The molecule has 0 amide bonds. The minimum Gasteiger partial charge on any atom is -0.378 e. The van der Waals surface area contributed by atoms with Crippen LogP contribution in [0.5, 0.6) is 0 Å². The zero-order valence-electron chi connectivity index (χ0n) is 16.2. The number of nitrogens with one attached hydrogen (secondary N) is 1. The molecule has 0 radical (unpaired) electrons. The molecular formula is C19H23F3N6O2. The van der Waals surface area contributed by atoms with E-state index in [0.717, 1.165) is 31.7 Å². The zero-order chi connectivity index (χ0) is 21.8. The van der Waals surface area contributed by atoms with E-state index in [2.05, 4.69) is 15.3 Å². The molecule has 1 fully saturated rings. The van der Waals surface area contributed by atoms with E-state index in [-0.39, 0.29) is 41.2 Å². The number of nitrogens with zero attached hydrogens (tertiary/aromatic N) is 3. The lowest BCUT2D eigenvalue weighted by Gasteiger charge is -2.27. The van der Waals surface area contributed by atoms with Gasteiger partial charge in [-0.15, -0.1) is 0 Å². The summed E-state index contributed by atoms with van der Waals surface area (Å²) in [6.45, 7) is 0.303. The highest BCUT2D eigenvalue weighted by molar-refractivity contribution is 5.58. The lowest BCUT2D eigenvalue weighted by Crippen LogP contribution is -2.23. The second kappa shape index (κ2) is 9.24. The first-order chi connectivity index (χ1) is 14.3. The quantitative estimate of drug-likeness (QED) is 0.353. The van der Waals surface area contributed by atoms with Crippen LogP contribution in [0.25, 0.3) is 0 Å². The Hall–Kier alpha value is -2.95. The smallest absolute Gasteiger partial charge is 0.332 e. The van der Waals surface area contributed by atoms with Crippen molar-refractivity contribution >= 4 is 17.5 Å². The van der Waals surface area contributed by atoms with Crippen LogP contribution in [0.1, 0.15) is 36.9 Å². The van der Waals surface area contributed by atoms with Gasteiger partial charge >= 0.3 is 5.69 Å². The number of halogens is 3. The molecule has 1 saturated carbocycles.